The number of rotatable bonds is 2. The van der Waals surface area contributed by atoms with Gasteiger partial charge < -0.3 is 0 Å². The molecule has 0 radical (unpaired) electrons. The van der Waals surface area contributed by atoms with Crippen LogP contribution < -0.4 is 0 Å². The van der Waals surface area contributed by atoms with Gasteiger partial charge in [-0.3, -0.25) is 4.90 Å². The van der Waals surface area contributed by atoms with E-state index in [2.05, 4.69) is 45.1 Å². The summed E-state index contributed by atoms with van der Waals surface area (Å²) in [5.41, 5.74) is 4.32. The molecule has 1 aliphatic heterocycles. The molecule has 0 N–H and O–H groups in total. The molecule has 0 bridgehead atoms. The molecule has 0 spiro atoms. The summed E-state index contributed by atoms with van der Waals surface area (Å²) >= 11 is 1.69. The largest absolute Gasteiger partial charge is 0.287 e. The van der Waals surface area contributed by atoms with E-state index >= 15 is 0 Å². The average molecular weight is 285 g/mol. The van der Waals surface area contributed by atoms with Gasteiger partial charge in [-0.15, -0.1) is 11.3 Å². The van der Waals surface area contributed by atoms with Crippen molar-refractivity contribution in [3.63, 3.8) is 0 Å². The topological polar surface area (TPSA) is 46.8 Å². The Labute approximate surface area is 120 Å². The molecule has 0 aliphatic carbocycles. The maximum Gasteiger partial charge on any atom is 0.141 e. The summed E-state index contributed by atoms with van der Waals surface area (Å²) in [5.74, 6) is 1.05. The van der Waals surface area contributed by atoms with Crippen molar-refractivity contribution < 1.29 is 0 Å². The zero-order valence-electron chi connectivity index (χ0n) is 11.2. The number of benzene rings is 1. The zero-order valence-corrected chi connectivity index (χ0v) is 12.0. The molecule has 0 fully saturated rings. The van der Waals surface area contributed by atoms with Crippen LogP contribution in [0.25, 0.3) is 10.2 Å². The van der Waals surface area contributed by atoms with E-state index in [0.717, 1.165) is 31.0 Å². The van der Waals surface area contributed by atoms with Gasteiger partial charge in [0, 0.05) is 12.6 Å². The van der Waals surface area contributed by atoms with E-state index in [1.165, 1.54) is 10.3 Å². The Kier molecular flexibility index (Phi) is 2.78. The molecule has 3 heterocycles. The van der Waals surface area contributed by atoms with E-state index in [0.29, 0.717) is 6.04 Å². The van der Waals surface area contributed by atoms with Crippen LogP contribution >= 0.6 is 11.3 Å². The van der Waals surface area contributed by atoms with Crippen LogP contribution in [0.2, 0.25) is 0 Å². The predicted octanol–water partition coefficient (Wildman–Crippen LogP) is 2.46. The Hall–Kier alpha value is -1.79. The first-order chi connectivity index (χ1) is 9.81. The highest BCUT2D eigenvalue weighted by molar-refractivity contribution is 7.16. The summed E-state index contributed by atoms with van der Waals surface area (Å²) in [6, 6.07) is 6.96. The van der Waals surface area contributed by atoms with Crippen LogP contribution in [0.5, 0.6) is 0 Å². The lowest BCUT2D eigenvalue weighted by Crippen LogP contribution is -2.36. The van der Waals surface area contributed by atoms with Crippen molar-refractivity contribution in [3.05, 3.63) is 41.4 Å². The first-order valence-electron chi connectivity index (χ1n) is 6.75. The van der Waals surface area contributed by atoms with E-state index in [1.54, 1.807) is 17.7 Å². The van der Waals surface area contributed by atoms with E-state index in [4.69, 9.17) is 0 Å². The van der Waals surface area contributed by atoms with Gasteiger partial charge in [-0.05, 0) is 24.6 Å². The standard InChI is InChI=1S/C14H15N5S/c1-10(11-2-3-13-12(6-11)16-9-20-13)18-4-5-19-14(7-18)15-8-17-19/h2-3,6,8-10H,4-5,7H2,1H3. The fourth-order valence-electron chi connectivity index (χ4n) is 2.76. The molecule has 4 rings (SSSR count). The van der Waals surface area contributed by atoms with Gasteiger partial charge in [-0.2, -0.15) is 5.10 Å². The molecule has 1 unspecified atom stereocenters. The van der Waals surface area contributed by atoms with Crippen LogP contribution in [-0.4, -0.2) is 31.2 Å². The second-order valence-electron chi connectivity index (χ2n) is 5.13. The van der Waals surface area contributed by atoms with E-state index in [1.807, 2.05) is 10.2 Å². The molecule has 0 amide bonds. The second kappa shape index (κ2) is 4.64. The summed E-state index contributed by atoms with van der Waals surface area (Å²) < 4.78 is 3.24. The highest BCUT2D eigenvalue weighted by Gasteiger charge is 2.23. The van der Waals surface area contributed by atoms with Crippen LogP contribution in [0.4, 0.5) is 0 Å². The third kappa shape index (κ3) is 1.92. The molecule has 5 nitrogen and oxygen atoms in total. The van der Waals surface area contributed by atoms with Crippen molar-refractivity contribution in [1.82, 2.24) is 24.6 Å². The summed E-state index contributed by atoms with van der Waals surface area (Å²) in [6.07, 6.45) is 1.64. The quantitative estimate of drug-likeness (QED) is 0.725. The Morgan fingerprint density at radius 3 is 3.15 bits per heavy atom. The molecule has 0 saturated carbocycles. The third-order valence-electron chi connectivity index (χ3n) is 4.02. The van der Waals surface area contributed by atoms with Crippen molar-refractivity contribution in [2.75, 3.05) is 6.54 Å². The number of thiazole rings is 1. The lowest BCUT2D eigenvalue weighted by molar-refractivity contribution is 0.158. The molecule has 102 valence electrons. The molecular formula is C14H15N5S. The van der Waals surface area contributed by atoms with Crippen molar-refractivity contribution in [1.29, 1.82) is 0 Å². The fraction of sp³-hybridized carbons (Fsp3) is 0.357. The minimum absolute atomic E-state index is 0.367. The van der Waals surface area contributed by atoms with E-state index in [-0.39, 0.29) is 0 Å². The van der Waals surface area contributed by atoms with Gasteiger partial charge in [0.1, 0.15) is 12.2 Å². The van der Waals surface area contributed by atoms with Crippen LogP contribution in [0.3, 0.4) is 0 Å². The summed E-state index contributed by atoms with van der Waals surface area (Å²) in [5, 5.41) is 4.23. The van der Waals surface area contributed by atoms with Gasteiger partial charge in [-0.25, -0.2) is 14.6 Å². The van der Waals surface area contributed by atoms with Crippen molar-refractivity contribution in [3.8, 4) is 0 Å². The SMILES string of the molecule is CC(c1ccc2scnc2c1)N1CCn2ncnc2C1. The Bertz CT molecular complexity index is 747. The minimum Gasteiger partial charge on any atom is -0.287 e. The monoisotopic (exact) mass is 285 g/mol. The van der Waals surface area contributed by atoms with Crippen molar-refractivity contribution in [2.45, 2.75) is 26.1 Å². The second-order valence-corrected chi connectivity index (χ2v) is 6.01. The third-order valence-corrected chi connectivity index (χ3v) is 4.83. The van der Waals surface area contributed by atoms with E-state index < -0.39 is 0 Å². The highest BCUT2D eigenvalue weighted by Crippen LogP contribution is 2.27. The highest BCUT2D eigenvalue weighted by atomic mass is 32.1. The number of hydrogen-bond donors (Lipinski definition) is 0. The molecule has 1 aromatic carbocycles. The Morgan fingerprint density at radius 1 is 1.25 bits per heavy atom. The van der Waals surface area contributed by atoms with Crippen LogP contribution in [0.15, 0.2) is 30.0 Å². The van der Waals surface area contributed by atoms with Crippen LogP contribution in [-0.2, 0) is 13.1 Å². The lowest BCUT2D eigenvalue weighted by atomic mass is 10.1. The molecule has 6 heteroatoms. The minimum atomic E-state index is 0.367. The Balaban J connectivity index is 1.62. The van der Waals surface area contributed by atoms with Gasteiger partial charge in [0.25, 0.3) is 0 Å². The summed E-state index contributed by atoms with van der Waals surface area (Å²) in [4.78, 5) is 11.2. The molecule has 1 aliphatic rings. The van der Waals surface area contributed by atoms with Crippen LogP contribution in [0, 0.1) is 0 Å². The first kappa shape index (κ1) is 12.0. The van der Waals surface area contributed by atoms with Gasteiger partial charge in [0.15, 0.2) is 0 Å². The molecule has 1 atom stereocenters. The van der Waals surface area contributed by atoms with E-state index in [9.17, 15) is 0 Å². The molecule has 20 heavy (non-hydrogen) atoms. The number of hydrogen-bond acceptors (Lipinski definition) is 5. The zero-order chi connectivity index (χ0) is 13.5. The Morgan fingerprint density at radius 2 is 2.20 bits per heavy atom. The summed E-state index contributed by atoms with van der Waals surface area (Å²) in [6.45, 7) is 5.03. The average Bonchev–Trinajstić information content (AvgIpc) is 3.13. The summed E-state index contributed by atoms with van der Waals surface area (Å²) in [7, 11) is 0. The molecule has 2 aromatic heterocycles. The smallest absolute Gasteiger partial charge is 0.141 e. The fourth-order valence-corrected chi connectivity index (χ4v) is 3.42. The molecular weight excluding hydrogens is 270 g/mol. The van der Waals surface area contributed by atoms with Gasteiger partial charge >= 0.3 is 0 Å². The number of nitrogens with zero attached hydrogens (tertiary/aromatic N) is 5. The predicted molar refractivity (Wildman–Crippen MR) is 78.5 cm³/mol. The first-order valence-corrected chi connectivity index (χ1v) is 7.63. The van der Waals surface area contributed by atoms with Gasteiger partial charge in [0.05, 0.1) is 28.8 Å². The maximum absolute atomic E-state index is 4.41. The number of aromatic nitrogens is 4. The number of fused-ring (bicyclic) bond motifs is 2. The van der Waals surface area contributed by atoms with Crippen LogP contribution in [0.1, 0.15) is 24.4 Å². The lowest BCUT2D eigenvalue weighted by Gasteiger charge is -2.32. The molecule has 3 aromatic rings. The normalized spacial score (nSPS) is 17.2. The van der Waals surface area contributed by atoms with Gasteiger partial charge in [0.2, 0.25) is 0 Å². The maximum atomic E-state index is 4.41. The van der Waals surface area contributed by atoms with Gasteiger partial charge in [-0.1, -0.05) is 6.07 Å². The molecule has 0 saturated heterocycles. The van der Waals surface area contributed by atoms with Crippen molar-refractivity contribution in [2.24, 2.45) is 0 Å². The van der Waals surface area contributed by atoms with Crippen molar-refractivity contribution >= 4 is 21.6 Å².